The lowest BCUT2D eigenvalue weighted by molar-refractivity contribution is 0.0521. The van der Waals surface area contributed by atoms with E-state index in [0.29, 0.717) is 11.3 Å². The number of rotatable bonds is 3. The highest BCUT2D eigenvalue weighted by atomic mass is 32.1. The number of nitrogens with zero attached hydrogens (tertiary/aromatic N) is 2. The maximum atomic E-state index is 13.1. The van der Waals surface area contributed by atoms with Crippen molar-refractivity contribution in [3.05, 3.63) is 35.8 Å². The van der Waals surface area contributed by atoms with Crippen molar-refractivity contribution in [1.82, 2.24) is 8.75 Å². The van der Waals surface area contributed by atoms with Gasteiger partial charge in [0.1, 0.15) is 11.5 Å². The third-order valence-electron chi connectivity index (χ3n) is 2.06. The highest BCUT2D eigenvalue weighted by molar-refractivity contribution is 6.99. The van der Waals surface area contributed by atoms with Crippen LogP contribution in [0.4, 0.5) is 4.39 Å². The minimum Gasteiger partial charge on any atom is -0.461 e. The quantitative estimate of drug-likeness (QED) is 0.788. The van der Waals surface area contributed by atoms with Gasteiger partial charge >= 0.3 is 5.97 Å². The molecule has 0 atom stereocenters. The number of aromatic nitrogens is 2. The zero-order valence-corrected chi connectivity index (χ0v) is 9.83. The van der Waals surface area contributed by atoms with E-state index in [-0.39, 0.29) is 18.1 Å². The highest BCUT2D eigenvalue weighted by Crippen LogP contribution is 2.23. The fourth-order valence-electron chi connectivity index (χ4n) is 1.35. The summed E-state index contributed by atoms with van der Waals surface area (Å²) in [4.78, 5) is 11.6. The molecule has 2 rings (SSSR count). The van der Waals surface area contributed by atoms with Crippen molar-refractivity contribution in [1.29, 1.82) is 0 Å². The van der Waals surface area contributed by atoms with Crippen LogP contribution in [0, 0.1) is 5.82 Å². The molecule has 1 aromatic carbocycles. The number of ether oxygens (including phenoxy) is 1. The van der Waals surface area contributed by atoms with Crippen LogP contribution in [0.15, 0.2) is 24.3 Å². The van der Waals surface area contributed by atoms with Crippen LogP contribution in [-0.2, 0) is 4.74 Å². The molecule has 1 heterocycles. The molecular weight excluding hydrogens is 243 g/mol. The number of esters is 1. The van der Waals surface area contributed by atoms with Crippen molar-refractivity contribution in [3.8, 4) is 11.3 Å². The van der Waals surface area contributed by atoms with E-state index in [1.165, 1.54) is 12.1 Å². The van der Waals surface area contributed by atoms with Gasteiger partial charge in [-0.2, -0.15) is 8.75 Å². The molecule has 6 heteroatoms. The second kappa shape index (κ2) is 5.01. The van der Waals surface area contributed by atoms with Crippen LogP contribution in [0.5, 0.6) is 0 Å². The van der Waals surface area contributed by atoms with Gasteiger partial charge in [-0.05, 0) is 19.1 Å². The summed E-state index contributed by atoms with van der Waals surface area (Å²) >= 11 is 0.898. The van der Waals surface area contributed by atoms with Crippen LogP contribution in [0.3, 0.4) is 0 Å². The van der Waals surface area contributed by atoms with Crippen LogP contribution in [0.2, 0.25) is 0 Å². The van der Waals surface area contributed by atoms with E-state index in [0.717, 1.165) is 11.7 Å². The number of carbonyl (C=O) groups is 1. The van der Waals surface area contributed by atoms with Gasteiger partial charge in [-0.25, -0.2) is 9.18 Å². The molecule has 0 aliphatic rings. The van der Waals surface area contributed by atoms with Gasteiger partial charge in [0.25, 0.3) is 0 Å². The standard InChI is InChI=1S/C11H9FN2O2S/c1-2-16-11(15)10-9(13-17-14-10)7-4-3-5-8(12)6-7/h3-6H,2H2,1H3. The van der Waals surface area contributed by atoms with E-state index < -0.39 is 5.97 Å². The van der Waals surface area contributed by atoms with E-state index in [2.05, 4.69) is 8.75 Å². The Balaban J connectivity index is 2.40. The summed E-state index contributed by atoms with van der Waals surface area (Å²) < 4.78 is 25.8. The van der Waals surface area contributed by atoms with Crippen molar-refractivity contribution >= 4 is 17.7 Å². The number of benzene rings is 1. The normalized spacial score (nSPS) is 10.2. The predicted molar refractivity (Wildman–Crippen MR) is 61.3 cm³/mol. The van der Waals surface area contributed by atoms with Gasteiger partial charge in [0.2, 0.25) is 0 Å². The van der Waals surface area contributed by atoms with Crippen molar-refractivity contribution in [2.75, 3.05) is 6.61 Å². The third-order valence-corrected chi connectivity index (χ3v) is 2.58. The lowest BCUT2D eigenvalue weighted by atomic mass is 10.1. The van der Waals surface area contributed by atoms with Gasteiger partial charge < -0.3 is 4.74 Å². The highest BCUT2D eigenvalue weighted by Gasteiger charge is 2.19. The first kappa shape index (κ1) is 11.7. The third kappa shape index (κ3) is 2.47. The molecule has 17 heavy (non-hydrogen) atoms. The Hall–Kier alpha value is -1.82. The summed E-state index contributed by atoms with van der Waals surface area (Å²) in [7, 11) is 0. The Kier molecular flexibility index (Phi) is 3.43. The molecule has 0 spiro atoms. The van der Waals surface area contributed by atoms with Crippen molar-refractivity contribution in [2.24, 2.45) is 0 Å². The average Bonchev–Trinajstić information content (AvgIpc) is 2.78. The van der Waals surface area contributed by atoms with Gasteiger partial charge in [-0.3, -0.25) is 0 Å². The van der Waals surface area contributed by atoms with E-state index in [4.69, 9.17) is 4.74 Å². The predicted octanol–water partition coefficient (Wildman–Crippen LogP) is 2.52. The SMILES string of the molecule is CCOC(=O)c1nsnc1-c1cccc(F)c1. The number of halogens is 1. The molecule has 2 aromatic rings. The monoisotopic (exact) mass is 252 g/mol. The second-order valence-corrected chi connectivity index (χ2v) is 3.72. The molecule has 0 fully saturated rings. The molecule has 0 N–H and O–H groups in total. The lowest BCUT2D eigenvalue weighted by Gasteiger charge is -2.01. The number of hydrogen-bond donors (Lipinski definition) is 0. The molecular formula is C11H9FN2O2S. The summed E-state index contributed by atoms with van der Waals surface area (Å²) in [6.45, 7) is 1.97. The average molecular weight is 252 g/mol. The zero-order chi connectivity index (χ0) is 12.3. The number of hydrogen-bond acceptors (Lipinski definition) is 5. The maximum Gasteiger partial charge on any atom is 0.360 e. The second-order valence-electron chi connectivity index (χ2n) is 3.19. The van der Waals surface area contributed by atoms with Crippen LogP contribution >= 0.6 is 11.7 Å². The van der Waals surface area contributed by atoms with E-state index in [1.807, 2.05) is 0 Å². The summed E-state index contributed by atoms with van der Waals surface area (Å²) in [6, 6.07) is 5.86. The minimum absolute atomic E-state index is 0.127. The fraction of sp³-hybridized carbons (Fsp3) is 0.182. The molecule has 0 bridgehead atoms. The fourth-order valence-corrected chi connectivity index (χ4v) is 1.90. The topological polar surface area (TPSA) is 52.1 Å². The first-order valence-electron chi connectivity index (χ1n) is 4.98. The molecule has 0 radical (unpaired) electrons. The van der Waals surface area contributed by atoms with Crippen LogP contribution in [0.1, 0.15) is 17.4 Å². The Labute approximate surface area is 101 Å². The maximum absolute atomic E-state index is 13.1. The summed E-state index contributed by atoms with van der Waals surface area (Å²) in [5, 5.41) is 0. The molecule has 0 saturated heterocycles. The van der Waals surface area contributed by atoms with E-state index >= 15 is 0 Å². The molecule has 0 unspecified atom stereocenters. The molecule has 0 aliphatic carbocycles. The summed E-state index contributed by atoms with van der Waals surface area (Å²) in [5.41, 5.74) is 0.997. The van der Waals surface area contributed by atoms with Gasteiger partial charge in [0.05, 0.1) is 18.3 Å². The lowest BCUT2D eigenvalue weighted by Crippen LogP contribution is -2.06. The molecule has 88 valence electrons. The smallest absolute Gasteiger partial charge is 0.360 e. The van der Waals surface area contributed by atoms with Crippen molar-refractivity contribution < 1.29 is 13.9 Å². The summed E-state index contributed by atoms with van der Waals surface area (Å²) in [5.74, 6) is -0.925. The first-order chi connectivity index (χ1) is 8.22. The van der Waals surface area contributed by atoms with E-state index in [1.54, 1.807) is 19.1 Å². The Bertz CT molecular complexity index is 542. The van der Waals surface area contributed by atoms with Crippen LogP contribution < -0.4 is 0 Å². The zero-order valence-electron chi connectivity index (χ0n) is 9.01. The number of carbonyl (C=O) groups excluding carboxylic acids is 1. The molecule has 0 aliphatic heterocycles. The van der Waals surface area contributed by atoms with E-state index in [9.17, 15) is 9.18 Å². The van der Waals surface area contributed by atoms with Gasteiger partial charge in [-0.1, -0.05) is 12.1 Å². The molecule has 0 amide bonds. The summed E-state index contributed by atoms with van der Waals surface area (Å²) in [6.07, 6.45) is 0. The molecule has 0 saturated carbocycles. The van der Waals surface area contributed by atoms with Crippen molar-refractivity contribution in [2.45, 2.75) is 6.92 Å². The van der Waals surface area contributed by atoms with Crippen molar-refractivity contribution in [3.63, 3.8) is 0 Å². The van der Waals surface area contributed by atoms with Crippen LogP contribution in [-0.4, -0.2) is 21.3 Å². The van der Waals surface area contributed by atoms with Crippen LogP contribution in [0.25, 0.3) is 11.3 Å². The Morgan fingerprint density at radius 3 is 3.00 bits per heavy atom. The van der Waals surface area contributed by atoms with Gasteiger partial charge in [0.15, 0.2) is 5.69 Å². The van der Waals surface area contributed by atoms with Gasteiger partial charge in [0, 0.05) is 5.56 Å². The molecule has 1 aromatic heterocycles. The molecule has 4 nitrogen and oxygen atoms in total. The van der Waals surface area contributed by atoms with Gasteiger partial charge in [-0.15, -0.1) is 0 Å². The minimum atomic E-state index is -0.541. The largest absolute Gasteiger partial charge is 0.461 e. The Morgan fingerprint density at radius 1 is 1.47 bits per heavy atom. The Morgan fingerprint density at radius 2 is 2.29 bits per heavy atom. The first-order valence-corrected chi connectivity index (χ1v) is 5.71.